The van der Waals surface area contributed by atoms with Crippen molar-refractivity contribution in [2.45, 2.75) is 45.9 Å². The molecule has 6 nitrogen and oxygen atoms in total. The van der Waals surface area contributed by atoms with E-state index in [1.165, 1.54) is 18.4 Å². The molecule has 0 atom stereocenters. The SMILES string of the molecule is Cc1cccc(C)c1-n1nnn(CN(Cc2ccncc2)C2CC2)c1=S. The van der Waals surface area contributed by atoms with Crippen LogP contribution in [0, 0.1) is 18.6 Å². The molecular weight excluding hydrogens is 344 g/mol. The van der Waals surface area contributed by atoms with Crippen molar-refractivity contribution in [1.29, 1.82) is 0 Å². The van der Waals surface area contributed by atoms with Crippen LogP contribution in [0.3, 0.4) is 0 Å². The van der Waals surface area contributed by atoms with E-state index in [2.05, 4.69) is 58.4 Å². The maximum Gasteiger partial charge on any atom is 0.221 e. The predicted molar refractivity (Wildman–Crippen MR) is 102 cm³/mol. The average molecular weight is 366 g/mol. The van der Waals surface area contributed by atoms with Gasteiger partial charge in [0.2, 0.25) is 4.77 Å². The molecule has 0 aliphatic heterocycles. The van der Waals surface area contributed by atoms with E-state index < -0.39 is 0 Å². The van der Waals surface area contributed by atoms with Gasteiger partial charge in [0.05, 0.1) is 12.4 Å². The van der Waals surface area contributed by atoms with Gasteiger partial charge in [0.15, 0.2) is 0 Å². The quantitative estimate of drug-likeness (QED) is 0.626. The van der Waals surface area contributed by atoms with Crippen molar-refractivity contribution in [3.63, 3.8) is 0 Å². The van der Waals surface area contributed by atoms with Crippen LogP contribution in [0.4, 0.5) is 0 Å². The Hall–Kier alpha value is -2.38. The molecule has 1 aliphatic rings. The molecule has 1 saturated carbocycles. The van der Waals surface area contributed by atoms with Crippen LogP contribution in [0.5, 0.6) is 0 Å². The first-order valence-electron chi connectivity index (χ1n) is 8.86. The van der Waals surface area contributed by atoms with Gasteiger partial charge in [-0.1, -0.05) is 18.2 Å². The maximum atomic E-state index is 5.68. The zero-order valence-corrected chi connectivity index (χ0v) is 15.9. The molecule has 0 spiro atoms. The Balaban J connectivity index is 1.60. The number of aromatic nitrogens is 5. The lowest BCUT2D eigenvalue weighted by atomic mass is 10.1. The van der Waals surface area contributed by atoms with E-state index in [0.29, 0.717) is 17.5 Å². The van der Waals surface area contributed by atoms with Gasteiger partial charge in [0, 0.05) is 25.0 Å². The summed E-state index contributed by atoms with van der Waals surface area (Å²) in [5, 5.41) is 8.67. The fourth-order valence-electron chi connectivity index (χ4n) is 3.27. The Morgan fingerprint density at radius 2 is 1.77 bits per heavy atom. The molecule has 26 heavy (non-hydrogen) atoms. The minimum absolute atomic E-state index is 0.593. The highest BCUT2D eigenvalue weighted by molar-refractivity contribution is 7.71. The Bertz CT molecular complexity index is 937. The number of nitrogens with zero attached hydrogens (tertiary/aromatic N) is 6. The Morgan fingerprint density at radius 1 is 1.08 bits per heavy atom. The van der Waals surface area contributed by atoms with Crippen molar-refractivity contribution in [3.8, 4) is 5.69 Å². The molecule has 3 aromatic rings. The van der Waals surface area contributed by atoms with Gasteiger partial charge in [0.1, 0.15) is 0 Å². The highest BCUT2D eigenvalue weighted by Crippen LogP contribution is 2.29. The summed E-state index contributed by atoms with van der Waals surface area (Å²) in [7, 11) is 0. The van der Waals surface area contributed by atoms with Gasteiger partial charge in [0.25, 0.3) is 0 Å². The second kappa shape index (κ2) is 7.09. The third-order valence-electron chi connectivity index (χ3n) is 4.80. The summed E-state index contributed by atoms with van der Waals surface area (Å²) in [6.07, 6.45) is 6.12. The van der Waals surface area contributed by atoms with Crippen molar-refractivity contribution >= 4 is 12.2 Å². The topological polar surface area (TPSA) is 51.8 Å². The van der Waals surface area contributed by atoms with E-state index in [9.17, 15) is 0 Å². The second-order valence-corrected chi connectivity index (χ2v) is 7.25. The first-order valence-corrected chi connectivity index (χ1v) is 9.26. The number of hydrogen-bond acceptors (Lipinski definition) is 5. The molecule has 0 radical (unpaired) electrons. The first-order chi connectivity index (χ1) is 12.6. The molecule has 0 unspecified atom stereocenters. The number of tetrazole rings is 1. The zero-order chi connectivity index (χ0) is 18.1. The molecule has 0 saturated heterocycles. The summed E-state index contributed by atoms with van der Waals surface area (Å²) in [4.78, 5) is 6.51. The van der Waals surface area contributed by atoms with Gasteiger partial charge in [-0.2, -0.15) is 4.68 Å². The fourth-order valence-corrected chi connectivity index (χ4v) is 3.49. The minimum Gasteiger partial charge on any atom is -0.277 e. The van der Waals surface area contributed by atoms with E-state index in [4.69, 9.17) is 12.2 Å². The molecule has 1 fully saturated rings. The Labute approximate surface area is 158 Å². The van der Waals surface area contributed by atoms with Gasteiger partial charge in [-0.05, 0) is 78.2 Å². The van der Waals surface area contributed by atoms with Gasteiger partial charge in [-0.3, -0.25) is 9.88 Å². The Kier molecular flexibility index (Phi) is 4.65. The van der Waals surface area contributed by atoms with E-state index in [1.807, 2.05) is 23.1 Å². The maximum absolute atomic E-state index is 5.68. The molecule has 0 bridgehead atoms. The predicted octanol–water partition coefficient (Wildman–Crippen LogP) is 3.43. The van der Waals surface area contributed by atoms with Crippen LogP contribution in [0.15, 0.2) is 42.7 Å². The summed E-state index contributed by atoms with van der Waals surface area (Å²) >= 11 is 5.68. The molecule has 2 aromatic heterocycles. The lowest BCUT2D eigenvalue weighted by Gasteiger charge is -2.21. The van der Waals surface area contributed by atoms with Crippen molar-refractivity contribution in [2.75, 3.05) is 0 Å². The lowest BCUT2D eigenvalue weighted by molar-refractivity contribution is 0.185. The van der Waals surface area contributed by atoms with Gasteiger partial charge in [-0.15, -0.1) is 0 Å². The third kappa shape index (κ3) is 3.45. The zero-order valence-electron chi connectivity index (χ0n) is 15.0. The Morgan fingerprint density at radius 3 is 2.42 bits per heavy atom. The molecule has 0 N–H and O–H groups in total. The first kappa shape index (κ1) is 17.1. The number of aryl methyl sites for hydroxylation is 2. The van der Waals surface area contributed by atoms with Crippen molar-refractivity contribution in [1.82, 2.24) is 29.7 Å². The summed E-state index contributed by atoms with van der Waals surface area (Å²) in [5.41, 5.74) is 4.56. The van der Waals surface area contributed by atoms with Crippen LogP contribution in [0.1, 0.15) is 29.5 Å². The van der Waals surface area contributed by atoms with Gasteiger partial charge < -0.3 is 0 Å². The van der Waals surface area contributed by atoms with Crippen molar-refractivity contribution in [3.05, 3.63) is 64.2 Å². The van der Waals surface area contributed by atoms with E-state index in [-0.39, 0.29) is 0 Å². The van der Waals surface area contributed by atoms with Crippen LogP contribution in [0.2, 0.25) is 0 Å². The summed E-state index contributed by atoms with van der Waals surface area (Å²) < 4.78 is 4.22. The van der Waals surface area contributed by atoms with Crippen molar-refractivity contribution < 1.29 is 0 Å². The molecule has 2 heterocycles. The number of hydrogen-bond donors (Lipinski definition) is 0. The number of para-hydroxylation sites is 1. The van der Waals surface area contributed by atoms with Gasteiger partial charge in [-0.25, -0.2) is 4.68 Å². The fraction of sp³-hybridized carbons (Fsp3) is 0.368. The number of benzene rings is 1. The molecule has 0 amide bonds. The number of rotatable bonds is 6. The second-order valence-electron chi connectivity index (χ2n) is 6.89. The molecule has 1 aromatic carbocycles. The summed E-state index contributed by atoms with van der Waals surface area (Å²) in [6.45, 7) is 5.66. The van der Waals surface area contributed by atoms with Gasteiger partial charge >= 0.3 is 0 Å². The molecule has 1 aliphatic carbocycles. The monoisotopic (exact) mass is 366 g/mol. The molecule has 134 valence electrons. The highest BCUT2D eigenvalue weighted by Gasteiger charge is 2.29. The van der Waals surface area contributed by atoms with Crippen LogP contribution in [-0.4, -0.2) is 35.7 Å². The van der Waals surface area contributed by atoms with E-state index in [1.54, 1.807) is 4.68 Å². The standard InChI is InChI=1S/C19H22N6S/c1-14-4-3-5-15(2)18(14)25-19(26)24(21-22-25)13-23(17-6-7-17)12-16-8-10-20-11-9-16/h3-5,8-11,17H,6-7,12-13H2,1-2H3. The van der Waals surface area contributed by atoms with E-state index >= 15 is 0 Å². The van der Waals surface area contributed by atoms with Crippen LogP contribution in [0.25, 0.3) is 5.69 Å². The smallest absolute Gasteiger partial charge is 0.221 e. The minimum atomic E-state index is 0.593. The van der Waals surface area contributed by atoms with Crippen LogP contribution in [-0.2, 0) is 13.2 Å². The summed E-state index contributed by atoms with van der Waals surface area (Å²) in [6, 6.07) is 10.9. The summed E-state index contributed by atoms with van der Waals surface area (Å²) in [5.74, 6) is 0. The normalized spacial score (nSPS) is 14.1. The molecular formula is C19H22N6S. The molecule has 7 heteroatoms. The number of pyridine rings is 1. The van der Waals surface area contributed by atoms with Crippen LogP contribution >= 0.6 is 12.2 Å². The molecule has 4 rings (SSSR count). The third-order valence-corrected chi connectivity index (χ3v) is 5.19. The largest absolute Gasteiger partial charge is 0.277 e. The van der Waals surface area contributed by atoms with Crippen molar-refractivity contribution in [2.24, 2.45) is 0 Å². The van der Waals surface area contributed by atoms with Crippen LogP contribution < -0.4 is 0 Å². The highest BCUT2D eigenvalue weighted by atomic mass is 32.1. The lowest BCUT2D eigenvalue weighted by Crippen LogP contribution is -2.29. The van der Waals surface area contributed by atoms with E-state index in [0.717, 1.165) is 23.4 Å². The average Bonchev–Trinajstić information content (AvgIpc) is 3.42.